The van der Waals surface area contributed by atoms with Gasteiger partial charge in [0, 0.05) is 11.1 Å². The van der Waals surface area contributed by atoms with E-state index in [1.165, 1.54) is 6.07 Å². The van der Waals surface area contributed by atoms with Crippen molar-refractivity contribution < 1.29 is 22.7 Å². The lowest BCUT2D eigenvalue weighted by molar-refractivity contribution is -0.0349. The van der Waals surface area contributed by atoms with Crippen LogP contribution in [0.5, 0.6) is 11.5 Å². The van der Waals surface area contributed by atoms with Crippen molar-refractivity contribution in [2.45, 2.75) is 26.1 Å². The summed E-state index contributed by atoms with van der Waals surface area (Å²) >= 11 is 0. The number of hydrazine groups is 1. The van der Waals surface area contributed by atoms with Crippen LogP contribution < -0.4 is 14.9 Å². The lowest BCUT2D eigenvalue weighted by Gasteiger charge is -2.39. The molecule has 0 fully saturated rings. The summed E-state index contributed by atoms with van der Waals surface area (Å²) in [5.41, 5.74) is 5.48. The van der Waals surface area contributed by atoms with Crippen molar-refractivity contribution in [3.05, 3.63) is 88.9 Å². The van der Waals surface area contributed by atoms with Gasteiger partial charge in [-0.15, -0.1) is 0 Å². The summed E-state index contributed by atoms with van der Waals surface area (Å²) in [4.78, 5) is 0. The van der Waals surface area contributed by atoms with Gasteiger partial charge in [0.25, 0.3) is 0 Å². The Morgan fingerprint density at radius 1 is 1.10 bits per heavy atom. The van der Waals surface area contributed by atoms with Gasteiger partial charge in [-0.3, -0.25) is 0 Å². The van der Waals surface area contributed by atoms with E-state index in [9.17, 15) is 8.78 Å². The Balaban J connectivity index is 1.62. The van der Waals surface area contributed by atoms with E-state index < -0.39 is 17.9 Å². The number of nitrogens with zero attached hydrogens (tertiary/aromatic N) is 1. The molecule has 3 heterocycles. The topological polar surface area (TPSA) is 46.9 Å². The molecular weight excluding hydrogens is 390 g/mol. The van der Waals surface area contributed by atoms with Gasteiger partial charge < -0.3 is 19.3 Å². The number of nitrogens with one attached hydrogen (secondary N) is 1. The number of halogens is 2. The fourth-order valence-electron chi connectivity index (χ4n) is 3.87. The number of benzene rings is 2. The molecule has 1 N–H and O–H groups in total. The van der Waals surface area contributed by atoms with Gasteiger partial charge in [0.05, 0.1) is 18.3 Å². The van der Waals surface area contributed by atoms with E-state index in [-0.39, 0.29) is 6.04 Å². The van der Waals surface area contributed by atoms with Crippen LogP contribution in [0, 0.1) is 18.6 Å². The number of rotatable bonds is 4. The molecule has 2 aromatic carbocycles. The molecule has 0 saturated heterocycles. The second-order valence-corrected chi connectivity index (χ2v) is 7.21. The predicted molar refractivity (Wildman–Crippen MR) is 106 cm³/mol. The van der Waals surface area contributed by atoms with Crippen molar-refractivity contribution in [1.29, 1.82) is 0 Å². The van der Waals surface area contributed by atoms with Crippen molar-refractivity contribution in [2.75, 3.05) is 6.61 Å². The molecule has 7 heteroatoms. The third-order valence-electron chi connectivity index (χ3n) is 5.22. The maximum atomic E-state index is 14.0. The van der Waals surface area contributed by atoms with Crippen LogP contribution in [0.4, 0.5) is 8.78 Å². The summed E-state index contributed by atoms with van der Waals surface area (Å²) in [6.07, 6.45) is 1.33. The van der Waals surface area contributed by atoms with Crippen LogP contribution in [0.3, 0.4) is 0 Å². The molecule has 0 bridgehead atoms. The van der Waals surface area contributed by atoms with Gasteiger partial charge >= 0.3 is 0 Å². The molecule has 0 spiro atoms. The van der Waals surface area contributed by atoms with Crippen LogP contribution in [0.25, 0.3) is 5.70 Å². The van der Waals surface area contributed by atoms with Crippen molar-refractivity contribution in [2.24, 2.45) is 0 Å². The van der Waals surface area contributed by atoms with E-state index >= 15 is 0 Å². The Labute approximate surface area is 172 Å². The lowest BCUT2D eigenvalue weighted by atomic mass is 10.0. The Hall–Kier alpha value is -3.32. The van der Waals surface area contributed by atoms with E-state index in [1.54, 1.807) is 0 Å². The largest absolute Gasteiger partial charge is 0.490 e. The molecule has 2 atom stereocenters. The third kappa shape index (κ3) is 3.02. The van der Waals surface area contributed by atoms with E-state index in [2.05, 4.69) is 5.43 Å². The van der Waals surface area contributed by atoms with Crippen molar-refractivity contribution in [3.8, 4) is 11.5 Å². The minimum absolute atomic E-state index is 0.215. The molecule has 5 nitrogen and oxygen atoms in total. The zero-order valence-electron chi connectivity index (χ0n) is 16.5. The molecule has 154 valence electrons. The Morgan fingerprint density at radius 3 is 2.70 bits per heavy atom. The normalized spacial score (nSPS) is 20.1. The van der Waals surface area contributed by atoms with Gasteiger partial charge in [0.15, 0.2) is 35.1 Å². The number of ether oxygens (including phenoxy) is 2. The number of aryl methyl sites for hydroxylation is 1. The number of hydrogen-bond donors (Lipinski definition) is 1. The summed E-state index contributed by atoms with van der Waals surface area (Å²) in [5, 5.41) is 1.86. The molecule has 5 rings (SSSR count). The summed E-state index contributed by atoms with van der Waals surface area (Å²) in [6, 6.07) is 13.0. The standard InChI is InChI=1S/C23H20F2N2O3/c1-3-28-21-6-4-5-15-19-12-18(20-10-7-13(2)29-20)26-27(19)23(30-22(15)21)14-8-9-16(24)17(25)11-14/h4-12,19,23,26H,3H2,1-2H3. The molecule has 2 aliphatic rings. The minimum Gasteiger partial charge on any atom is -0.490 e. The highest BCUT2D eigenvalue weighted by molar-refractivity contribution is 5.65. The molecule has 1 aromatic heterocycles. The first-order valence-corrected chi connectivity index (χ1v) is 9.76. The molecule has 0 amide bonds. The maximum absolute atomic E-state index is 14.0. The number of furan rings is 1. The number of para-hydroxylation sites is 1. The van der Waals surface area contributed by atoms with E-state index in [0.29, 0.717) is 29.4 Å². The Bertz CT molecular complexity index is 1140. The molecule has 3 aromatic rings. The van der Waals surface area contributed by atoms with Gasteiger partial charge in [-0.05, 0) is 50.3 Å². The van der Waals surface area contributed by atoms with Crippen molar-refractivity contribution in [1.82, 2.24) is 10.4 Å². The molecular formula is C23H20F2N2O3. The van der Waals surface area contributed by atoms with Crippen LogP contribution in [0.15, 0.2) is 59.0 Å². The van der Waals surface area contributed by atoms with Crippen LogP contribution in [0.2, 0.25) is 0 Å². The van der Waals surface area contributed by atoms with E-state index in [0.717, 1.165) is 29.2 Å². The van der Waals surface area contributed by atoms with Crippen molar-refractivity contribution in [3.63, 3.8) is 0 Å². The fourth-order valence-corrected chi connectivity index (χ4v) is 3.87. The molecule has 30 heavy (non-hydrogen) atoms. The van der Waals surface area contributed by atoms with Gasteiger partial charge in [0.1, 0.15) is 5.76 Å². The molecule has 2 unspecified atom stereocenters. The van der Waals surface area contributed by atoms with Gasteiger partial charge in [-0.25, -0.2) is 8.78 Å². The van der Waals surface area contributed by atoms with E-state index in [4.69, 9.17) is 13.9 Å². The van der Waals surface area contributed by atoms with E-state index in [1.807, 2.05) is 55.3 Å². The minimum atomic E-state index is -0.925. The maximum Gasteiger partial charge on any atom is 0.196 e. The summed E-state index contributed by atoms with van der Waals surface area (Å²) < 4.78 is 45.3. The van der Waals surface area contributed by atoms with Gasteiger partial charge in [0.2, 0.25) is 0 Å². The van der Waals surface area contributed by atoms with Gasteiger partial charge in [-0.1, -0.05) is 18.2 Å². The van der Waals surface area contributed by atoms with Gasteiger partial charge in [-0.2, -0.15) is 5.01 Å². The first kappa shape index (κ1) is 18.7. The smallest absolute Gasteiger partial charge is 0.196 e. The Kier molecular flexibility index (Phi) is 4.47. The monoisotopic (exact) mass is 410 g/mol. The first-order chi connectivity index (χ1) is 14.5. The fraction of sp³-hybridized carbons (Fsp3) is 0.217. The highest BCUT2D eigenvalue weighted by atomic mass is 19.2. The average molecular weight is 410 g/mol. The predicted octanol–water partition coefficient (Wildman–Crippen LogP) is 5.26. The zero-order valence-corrected chi connectivity index (χ0v) is 16.5. The molecule has 0 saturated carbocycles. The average Bonchev–Trinajstić information content (AvgIpc) is 3.37. The van der Waals surface area contributed by atoms with Crippen LogP contribution in [-0.2, 0) is 0 Å². The van der Waals surface area contributed by atoms with Crippen molar-refractivity contribution >= 4 is 5.70 Å². The zero-order chi connectivity index (χ0) is 20.8. The van der Waals surface area contributed by atoms with Crippen LogP contribution in [-0.4, -0.2) is 11.6 Å². The summed E-state index contributed by atoms with van der Waals surface area (Å²) in [5.74, 6) is 0.855. The lowest BCUT2D eigenvalue weighted by Crippen LogP contribution is -2.43. The second kappa shape index (κ2) is 7.18. The number of fused-ring (bicyclic) bond motifs is 3. The molecule has 2 aliphatic heterocycles. The highest BCUT2D eigenvalue weighted by Crippen LogP contribution is 2.49. The van der Waals surface area contributed by atoms with Crippen LogP contribution in [0.1, 0.15) is 41.8 Å². The Morgan fingerprint density at radius 2 is 1.97 bits per heavy atom. The first-order valence-electron chi connectivity index (χ1n) is 9.76. The highest BCUT2D eigenvalue weighted by Gasteiger charge is 2.42. The molecule has 0 aliphatic carbocycles. The van der Waals surface area contributed by atoms with Crippen LogP contribution >= 0.6 is 0 Å². The summed E-state index contributed by atoms with van der Waals surface area (Å²) in [6.45, 7) is 4.26. The SMILES string of the molecule is CCOc1cccc2c1OC(c1ccc(F)c(F)c1)N1NC(c3ccc(C)o3)=CC21. The third-order valence-corrected chi connectivity index (χ3v) is 5.22. The quantitative estimate of drug-likeness (QED) is 0.636. The second-order valence-electron chi connectivity index (χ2n) is 7.21. The molecule has 0 radical (unpaired) electrons. The number of hydrogen-bond acceptors (Lipinski definition) is 5. The summed E-state index contributed by atoms with van der Waals surface area (Å²) in [7, 11) is 0.